The number of benzene rings is 2. The smallest absolute Gasteiger partial charge is 0.258 e. The second-order valence-electron chi connectivity index (χ2n) is 7.76. The molecule has 5 rings (SSSR count). The number of nitrogens with one attached hydrogen (secondary N) is 1. The molecule has 0 saturated heterocycles. The van der Waals surface area contributed by atoms with E-state index in [9.17, 15) is 9.59 Å². The first kappa shape index (κ1) is 19.1. The van der Waals surface area contributed by atoms with Gasteiger partial charge < -0.3 is 9.40 Å². The van der Waals surface area contributed by atoms with Gasteiger partial charge in [-0.1, -0.05) is 42.5 Å². The average molecular weight is 411 g/mol. The zero-order valence-corrected chi connectivity index (χ0v) is 17.3. The van der Waals surface area contributed by atoms with Crippen LogP contribution in [0.5, 0.6) is 0 Å². The van der Waals surface area contributed by atoms with Crippen LogP contribution in [0.15, 0.2) is 81.2 Å². The minimum Gasteiger partial charge on any atom is -0.467 e. The number of hydrazone groups is 1. The van der Waals surface area contributed by atoms with Crippen LogP contribution in [0.4, 0.5) is 0 Å². The Hall–Kier alpha value is -3.93. The molecule has 6 nitrogen and oxygen atoms in total. The molecule has 0 fully saturated rings. The summed E-state index contributed by atoms with van der Waals surface area (Å²) in [5.41, 5.74) is 4.42. The molecule has 1 N–H and O–H groups in total. The van der Waals surface area contributed by atoms with E-state index in [0.29, 0.717) is 23.5 Å². The van der Waals surface area contributed by atoms with Crippen LogP contribution in [-0.2, 0) is 4.79 Å². The molecule has 0 saturated carbocycles. The van der Waals surface area contributed by atoms with E-state index in [1.54, 1.807) is 12.3 Å². The molecule has 0 aliphatic carbocycles. The Bertz CT molecular complexity index is 1370. The zero-order valence-electron chi connectivity index (χ0n) is 17.3. The monoisotopic (exact) mass is 411 g/mol. The maximum Gasteiger partial charge on any atom is 0.258 e. The summed E-state index contributed by atoms with van der Waals surface area (Å²) in [5.74, 6) is 0.438. The summed E-state index contributed by atoms with van der Waals surface area (Å²) >= 11 is 0. The van der Waals surface area contributed by atoms with Gasteiger partial charge in [-0.25, -0.2) is 5.01 Å². The first-order valence-corrected chi connectivity index (χ1v) is 10.2. The molecule has 2 aromatic carbocycles. The van der Waals surface area contributed by atoms with E-state index < -0.39 is 0 Å². The third kappa shape index (κ3) is 3.26. The third-order valence-corrected chi connectivity index (χ3v) is 5.63. The largest absolute Gasteiger partial charge is 0.467 e. The van der Waals surface area contributed by atoms with Crippen molar-refractivity contribution in [3.05, 3.63) is 94.2 Å². The number of furan rings is 1. The van der Waals surface area contributed by atoms with Gasteiger partial charge in [0.25, 0.3) is 5.56 Å². The number of carbonyl (C=O) groups excluding carboxylic acids is 1. The normalized spacial score (nSPS) is 16.0. The van der Waals surface area contributed by atoms with Gasteiger partial charge in [-0.15, -0.1) is 0 Å². The number of aryl methyl sites for hydroxylation is 1. The summed E-state index contributed by atoms with van der Waals surface area (Å²) in [5, 5.41) is 6.93. The molecule has 1 aliphatic heterocycles. The summed E-state index contributed by atoms with van der Waals surface area (Å²) in [4.78, 5) is 28.7. The van der Waals surface area contributed by atoms with Gasteiger partial charge in [-0.05, 0) is 36.2 Å². The summed E-state index contributed by atoms with van der Waals surface area (Å²) in [6.07, 6.45) is 1.97. The van der Waals surface area contributed by atoms with E-state index in [1.165, 1.54) is 11.9 Å². The van der Waals surface area contributed by atoms with Crippen molar-refractivity contribution in [2.24, 2.45) is 5.10 Å². The molecular weight excluding hydrogens is 390 g/mol. The fourth-order valence-electron chi connectivity index (χ4n) is 4.25. The summed E-state index contributed by atoms with van der Waals surface area (Å²) < 4.78 is 5.56. The SMILES string of the molecule is CC(=O)N1N=C(c2c(-c3ccccc3)c3ccc(C)cc3[nH]c2=O)C[C@@H]1c1ccco1. The Kier molecular flexibility index (Phi) is 4.55. The number of rotatable bonds is 3. The maximum atomic E-state index is 13.3. The third-order valence-electron chi connectivity index (χ3n) is 5.63. The lowest BCUT2D eigenvalue weighted by molar-refractivity contribution is -0.130. The summed E-state index contributed by atoms with van der Waals surface area (Å²) in [6.45, 7) is 3.46. The Morgan fingerprint density at radius 1 is 1.10 bits per heavy atom. The molecule has 1 aliphatic rings. The van der Waals surface area contributed by atoms with Gasteiger partial charge in [0.2, 0.25) is 5.91 Å². The molecule has 2 aromatic heterocycles. The molecule has 6 heteroatoms. The Morgan fingerprint density at radius 3 is 2.61 bits per heavy atom. The van der Waals surface area contributed by atoms with Gasteiger partial charge in [0.15, 0.2) is 0 Å². The number of hydrogen-bond donors (Lipinski definition) is 1. The minimum atomic E-state index is -0.376. The van der Waals surface area contributed by atoms with E-state index in [-0.39, 0.29) is 17.5 Å². The van der Waals surface area contributed by atoms with Crippen LogP contribution in [0.25, 0.3) is 22.0 Å². The Morgan fingerprint density at radius 2 is 1.90 bits per heavy atom. The van der Waals surface area contributed by atoms with Crippen LogP contribution in [0.2, 0.25) is 0 Å². The highest BCUT2D eigenvalue weighted by Gasteiger charge is 2.35. The maximum absolute atomic E-state index is 13.3. The molecule has 0 bridgehead atoms. The summed E-state index contributed by atoms with van der Waals surface area (Å²) in [7, 11) is 0. The fourth-order valence-corrected chi connectivity index (χ4v) is 4.25. The predicted octanol–water partition coefficient (Wildman–Crippen LogP) is 4.79. The zero-order chi connectivity index (χ0) is 21.5. The number of carbonyl (C=O) groups is 1. The second-order valence-corrected chi connectivity index (χ2v) is 7.76. The molecule has 3 heterocycles. The van der Waals surface area contributed by atoms with Crippen molar-refractivity contribution in [1.29, 1.82) is 0 Å². The predicted molar refractivity (Wildman–Crippen MR) is 120 cm³/mol. The minimum absolute atomic E-state index is 0.203. The fraction of sp³-hybridized carbons (Fsp3) is 0.160. The molecular formula is C25H21N3O3. The molecule has 0 unspecified atom stereocenters. The second kappa shape index (κ2) is 7.40. The van der Waals surface area contributed by atoms with Gasteiger partial charge in [0.05, 0.1) is 17.5 Å². The topological polar surface area (TPSA) is 78.7 Å². The van der Waals surface area contributed by atoms with E-state index in [2.05, 4.69) is 10.1 Å². The molecule has 1 amide bonds. The van der Waals surface area contributed by atoms with Crippen LogP contribution in [0.3, 0.4) is 0 Å². The molecule has 0 spiro atoms. The number of pyridine rings is 1. The average Bonchev–Trinajstić information content (AvgIpc) is 3.43. The van der Waals surface area contributed by atoms with Gasteiger partial charge >= 0.3 is 0 Å². The Labute approximate surface area is 178 Å². The number of amides is 1. The molecule has 0 radical (unpaired) electrons. The van der Waals surface area contributed by atoms with Crippen LogP contribution in [-0.4, -0.2) is 21.6 Å². The van der Waals surface area contributed by atoms with Crippen molar-refractivity contribution < 1.29 is 9.21 Å². The first-order valence-electron chi connectivity index (χ1n) is 10.2. The van der Waals surface area contributed by atoms with E-state index in [1.807, 2.05) is 61.5 Å². The van der Waals surface area contributed by atoms with Crippen molar-refractivity contribution in [2.75, 3.05) is 0 Å². The molecule has 154 valence electrons. The molecule has 31 heavy (non-hydrogen) atoms. The quantitative estimate of drug-likeness (QED) is 0.526. The van der Waals surface area contributed by atoms with Crippen molar-refractivity contribution in [1.82, 2.24) is 9.99 Å². The first-order chi connectivity index (χ1) is 15.0. The van der Waals surface area contributed by atoms with Crippen molar-refractivity contribution in [3.63, 3.8) is 0 Å². The number of aromatic nitrogens is 1. The number of fused-ring (bicyclic) bond motifs is 1. The van der Waals surface area contributed by atoms with Crippen LogP contribution < -0.4 is 5.56 Å². The van der Waals surface area contributed by atoms with Gasteiger partial charge in [0, 0.05) is 29.8 Å². The lowest BCUT2D eigenvalue weighted by Crippen LogP contribution is -2.23. The summed E-state index contributed by atoms with van der Waals surface area (Å²) in [6, 6.07) is 19.1. The van der Waals surface area contributed by atoms with Crippen molar-refractivity contribution in [2.45, 2.75) is 26.3 Å². The number of hydrogen-bond acceptors (Lipinski definition) is 4. The van der Waals surface area contributed by atoms with Gasteiger partial charge in [-0.3, -0.25) is 9.59 Å². The van der Waals surface area contributed by atoms with Crippen molar-refractivity contribution in [3.8, 4) is 11.1 Å². The van der Waals surface area contributed by atoms with Gasteiger partial charge in [0.1, 0.15) is 11.8 Å². The van der Waals surface area contributed by atoms with Gasteiger partial charge in [-0.2, -0.15) is 5.10 Å². The highest BCUT2D eigenvalue weighted by molar-refractivity contribution is 6.12. The molecule has 1 atom stereocenters. The lowest BCUT2D eigenvalue weighted by Gasteiger charge is -2.17. The highest BCUT2D eigenvalue weighted by atomic mass is 16.3. The van der Waals surface area contributed by atoms with Crippen LogP contribution in [0, 0.1) is 6.92 Å². The number of H-pyrrole nitrogens is 1. The molecule has 4 aromatic rings. The van der Waals surface area contributed by atoms with E-state index in [0.717, 1.165) is 27.6 Å². The van der Waals surface area contributed by atoms with E-state index in [4.69, 9.17) is 4.42 Å². The highest BCUT2D eigenvalue weighted by Crippen LogP contribution is 2.37. The van der Waals surface area contributed by atoms with E-state index >= 15 is 0 Å². The van der Waals surface area contributed by atoms with Crippen molar-refractivity contribution >= 4 is 22.5 Å². The number of nitrogens with zero attached hydrogens (tertiary/aromatic N) is 2. The number of aromatic amines is 1. The standard InChI is InChI=1S/C25H21N3O3/c1-15-10-11-18-19(13-15)26-25(30)24(23(18)17-7-4-3-5-8-17)20-14-21(22-9-6-12-31-22)28(27-20)16(2)29/h3-13,21H,14H2,1-2H3,(H,26,30)/t21-/m1/s1. The van der Waals surface area contributed by atoms with Crippen LogP contribution in [0.1, 0.15) is 36.3 Å². The lowest BCUT2D eigenvalue weighted by atomic mass is 9.91. The van der Waals surface area contributed by atoms with Crippen LogP contribution >= 0.6 is 0 Å². The Balaban J connectivity index is 1.76.